The summed E-state index contributed by atoms with van der Waals surface area (Å²) in [6.07, 6.45) is 32.7. The Hall–Kier alpha value is -13.6. The van der Waals surface area contributed by atoms with Gasteiger partial charge < -0.3 is 29.5 Å². The molecule has 15 nitrogen and oxygen atoms in total. The van der Waals surface area contributed by atoms with Gasteiger partial charge in [0, 0.05) is 154 Å². The second-order valence-corrected chi connectivity index (χ2v) is 21.1. The SMILES string of the molecule is C#CC#CC#CC#CC#CC#CC#CC#COC(=O)Cc1cc2c(O)c(c1)C=NC1CCCCC1N=Cc1cc(CC(=O)OC#CC#CC#CC#CC#CC#CC#CC#C)cc(c1O)C=NC1CCCCC1N=Cc1cc(CC(=O)OC)cc(c1O)C=NC1CCCCC1N=C2. The zero-order valence-electron chi connectivity index (χ0n) is 52.1. The van der Waals surface area contributed by atoms with E-state index in [1.165, 1.54) is 7.11 Å². The molecule has 1 aliphatic heterocycles. The van der Waals surface area contributed by atoms with Crippen LogP contribution in [-0.4, -0.2) is 114 Å². The lowest BCUT2D eigenvalue weighted by Gasteiger charge is -2.26. The van der Waals surface area contributed by atoms with Crippen molar-refractivity contribution in [2.45, 2.75) is 133 Å². The first-order chi connectivity index (χ1) is 47.0. The van der Waals surface area contributed by atoms with E-state index in [1.54, 1.807) is 73.7 Å². The van der Waals surface area contributed by atoms with Gasteiger partial charge in [0.25, 0.3) is 0 Å². The fraction of sp³-hybridized carbons (Fsp3) is 0.272. The molecule has 1 heterocycles. The molecule has 96 heavy (non-hydrogen) atoms. The van der Waals surface area contributed by atoms with Crippen molar-refractivity contribution in [3.63, 3.8) is 0 Å². The van der Waals surface area contributed by atoms with Crippen molar-refractivity contribution in [1.29, 1.82) is 0 Å². The van der Waals surface area contributed by atoms with Gasteiger partial charge in [-0.2, -0.15) is 0 Å². The van der Waals surface area contributed by atoms with Crippen LogP contribution in [0.4, 0.5) is 0 Å². The van der Waals surface area contributed by atoms with Crippen LogP contribution in [0.2, 0.25) is 0 Å². The Morgan fingerprint density at radius 1 is 0.344 bits per heavy atom. The number of aromatic hydroxyl groups is 3. The average Bonchev–Trinajstić information content (AvgIpc) is 0.864. The standard InChI is InChI=1S/C81H56N6O9/c1-4-6-8-10-12-14-16-18-20-22-24-26-28-36-44-95-77(89)53-62-48-66-57-84-72-40-32-30-38-70(72)82-55-64-46-61(52-76(88)94-3)47-65(79(64)91)56-83-71-39-31-33-41-73(71)85-58-67-49-63(54-78(90)96-45-37-29-27-25-23-21-19-17-15-13-11-9-7-5-2)51-69(81(67)93)60-87-75-43-35-34-42-74(75)86-59-68(50-62)80(66)92/h1-2,46-51,55-60,70-75,91-93H,30-35,38-43,52-54H2,3H3. The highest BCUT2D eigenvalue weighted by Crippen LogP contribution is 2.32. The average molecular weight is 1260 g/mol. The maximum Gasteiger partial charge on any atom is 0.324 e. The number of rotatable bonds is 6. The van der Waals surface area contributed by atoms with Gasteiger partial charge in [0.1, 0.15) is 29.5 Å². The van der Waals surface area contributed by atoms with E-state index in [9.17, 15) is 29.7 Å². The number of phenols is 3. The third-order valence-corrected chi connectivity index (χ3v) is 14.5. The summed E-state index contributed by atoms with van der Waals surface area (Å²) in [6, 6.07) is 7.85. The lowest BCUT2D eigenvalue weighted by Crippen LogP contribution is -2.27. The summed E-state index contributed by atoms with van der Waals surface area (Å²) in [5, 5.41) is 35.9. The second kappa shape index (κ2) is 39.6. The minimum atomic E-state index is -0.709. The third-order valence-electron chi connectivity index (χ3n) is 14.5. The maximum atomic E-state index is 13.3. The Bertz CT molecular complexity index is 4510. The first-order valence-corrected chi connectivity index (χ1v) is 30.2. The predicted octanol–water partition coefficient (Wildman–Crippen LogP) is 6.78. The molecule has 3 aromatic rings. The van der Waals surface area contributed by atoms with Crippen LogP contribution in [0.25, 0.3) is 0 Å². The molecule has 4 aliphatic rings. The van der Waals surface area contributed by atoms with Crippen molar-refractivity contribution in [3.05, 3.63) is 86.5 Å². The summed E-state index contributed by atoms with van der Waals surface area (Å²) in [6.45, 7) is 0. The molecule has 6 unspecified atom stereocenters. The Kier molecular flexibility index (Phi) is 28.8. The molecule has 3 fully saturated rings. The minimum Gasteiger partial charge on any atom is -0.507 e. The van der Waals surface area contributed by atoms with E-state index in [0.717, 1.165) is 38.5 Å². The van der Waals surface area contributed by atoms with E-state index >= 15 is 0 Å². The summed E-state index contributed by atoms with van der Waals surface area (Å²) in [5.41, 5.74) is 3.38. The maximum absolute atomic E-state index is 13.3. The Morgan fingerprint density at radius 2 is 0.542 bits per heavy atom. The van der Waals surface area contributed by atoms with Gasteiger partial charge in [-0.25, -0.2) is 0 Å². The molecule has 3 saturated carbocycles. The number of esters is 3. The molecule has 0 amide bonds. The van der Waals surface area contributed by atoms with Crippen LogP contribution in [0.3, 0.4) is 0 Å². The number of phenolic OH excluding ortho intramolecular Hbond substituents is 3. The zero-order chi connectivity index (χ0) is 67.8. The van der Waals surface area contributed by atoms with E-state index in [4.69, 9.17) is 57.0 Å². The highest BCUT2D eigenvalue weighted by atomic mass is 16.5. The number of carbonyl (C=O) groups is 3. The number of hydrogen-bond acceptors (Lipinski definition) is 15. The first kappa shape index (κ1) is 69.9. The number of carbonyl (C=O) groups excluding carboxylic acids is 3. The first-order valence-electron chi connectivity index (χ1n) is 30.2. The zero-order valence-corrected chi connectivity index (χ0v) is 52.1. The number of hydrogen-bond donors (Lipinski definition) is 3. The van der Waals surface area contributed by atoms with Gasteiger partial charge in [-0.3, -0.25) is 44.3 Å². The van der Waals surface area contributed by atoms with Crippen molar-refractivity contribution >= 4 is 55.2 Å². The molecule has 6 bridgehead atoms. The van der Waals surface area contributed by atoms with Crippen LogP contribution in [0.15, 0.2) is 66.4 Å². The Labute approximate surface area is 560 Å². The number of terminal acetylenes is 2. The molecule has 3 aliphatic carbocycles. The molecule has 6 atom stereocenters. The summed E-state index contributed by atoms with van der Waals surface area (Å²) < 4.78 is 15.4. The van der Waals surface area contributed by atoms with Crippen molar-refractivity contribution in [2.24, 2.45) is 30.0 Å². The molecule has 3 aromatic carbocycles. The number of benzene rings is 3. The van der Waals surface area contributed by atoms with Crippen molar-refractivity contribution in [1.82, 2.24) is 0 Å². The second-order valence-electron chi connectivity index (χ2n) is 21.1. The Morgan fingerprint density at radius 3 is 0.750 bits per heavy atom. The molecule has 15 heteroatoms. The largest absolute Gasteiger partial charge is 0.507 e. The van der Waals surface area contributed by atoms with E-state index in [-0.39, 0.29) is 72.8 Å². The molecule has 0 radical (unpaired) electrons. The van der Waals surface area contributed by atoms with Crippen molar-refractivity contribution < 1.29 is 43.9 Å². The third kappa shape index (κ3) is 24.0. The quantitative estimate of drug-likeness (QED) is 0.135. The van der Waals surface area contributed by atoms with Gasteiger partial charge in [0.15, 0.2) is 0 Å². The molecule has 0 aromatic heterocycles. The molecular weight excluding hydrogens is 1200 g/mol. The fourth-order valence-electron chi connectivity index (χ4n) is 10.1. The predicted molar refractivity (Wildman–Crippen MR) is 370 cm³/mol. The van der Waals surface area contributed by atoms with Crippen LogP contribution >= 0.6 is 0 Å². The molecular formula is C81H56N6O9. The number of fused-ring (bicyclic) bond motifs is 9. The van der Waals surface area contributed by atoms with Crippen LogP contribution in [0.1, 0.15) is 127 Å². The molecule has 464 valence electrons. The number of nitrogens with zero attached hydrogens (tertiary/aromatic N) is 6. The van der Waals surface area contributed by atoms with Crippen LogP contribution in [0, 0.1) is 191 Å². The number of aliphatic imine (C=N–C) groups is 6. The Balaban J connectivity index is 1.23. The summed E-state index contributed by atoms with van der Waals surface area (Å²) >= 11 is 0. The minimum absolute atomic E-state index is 0.0840. The van der Waals surface area contributed by atoms with E-state index in [2.05, 4.69) is 178 Å². The van der Waals surface area contributed by atoms with Crippen LogP contribution in [-0.2, 0) is 47.9 Å². The van der Waals surface area contributed by atoms with E-state index in [0.29, 0.717) is 88.6 Å². The van der Waals surface area contributed by atoms with Crippen LogP contribution in [0.5, 0.6) is 17.2 Å². The van der Waals surface area contributed by atoms with E-state index in [1.807, 2.05) is 0 Å². The molecule has 3 N–H and O–H groups in total. The van der Waals surface area contributed by atoms with Gasteiger partial charge >= 0.3 is 17.9 Å². The lowest BCUT2D eigenvalue weighted by molar-refractivity contribution is -0.140. The van der Waals surface area contributed by atoms with Gasteiger partial charge in [-0.1, -0.05) is 38.5 Å². The number of ether oxygens (including phenoxy) is 3. The molecule has 0 spiro atoms. The van der Waals surface area contributed by atoms with E-state index < -0.39 is 17.9 Å². The van der Waals surface area contributed by atoms with Crippen molar-refractivity contribution in [3.8, 4) is 208 Å². The monoisotopic (exact) mass is 1260 g/mol. The smallest absolute Gasteiger partial charge is 0.324 e. The highest BCUT2D eigenvalue weighted by molar-refractivity contribution is 5.95. The normalized spacial score (nSPS) is 17.1. The topological polar surface area (TPSA) is 214 Å². The van der Waals surface area contributed by atoms with Gasteiger partial charge in [0.05, 0.1) is 62.6 Å². The van der Waals surface area contributed by atoms with Crippen LogP contribution < -0.4 is 0 Å². The molecule has 7 rings (SSSR count). The van der Waals surface area contributed by atoms with Crippen molar-refractivity contribution in [2.75, 3.05) is 7.11 Å². The highest BCUT2D eigenvalue weighted by Gasteiger charge is 2.27. The summed E-state index contributed by atoms with van der Waals surface area (Å²) in [4.78, 5) is 69.3. The number of methoxy groups -OCH3 is 1. The summed E-state index contributed by atoms with van der Waals surface area (Å²) in [5.74, 6) is 66.2. The summed E-state index contributed by atoms with van der Waals surface area (Å²) in [7, 11) is 1.30. The van der Waals surface area contributed by atoms with Gasteiger partial charge in [-0.05, 0) is 174 Å². The fourth-order valence-corrected chi connectivity index (χ4v) is 10.1. The molecule has 0 saturated heterocycles. The lowest BCUT2D eigenvalue weighted by atomic mass is 9.91. The van der Waals surface area contributed by atoms with Gasteiger partial charge in [0.2, 0.25) is 0 Å². The van der Waals surface area contributed by atoms with Gasteiger partial charge in [-0.15, -0.1) is 12.8 Å².